The summed E-state index contributed by atoms with van der Waals surface area (Å²) in [7, 11) is -3.73. The lowest BCUT2D eigenvalue weighted by Crippen LogP contribution is -2.33. The third-order valence-corrected chi connectivity index (χ3v) is 6.54. The quantitative estimate of drug-likeness (QED) is 0.608. The van der Waals surface area contributed by atoms with Gasteiger partial charge in [0.2, 0.25) is 0 Å². The molecular formula is C20H24ClN3O3S. The number of piperidine rings is 1. The van der Waals surface area contributed by atoms with Crippen LogP contribution >= 0.6 is 12.4 Å². The van der Waals surface area contributed by atoms with E-state index in [1.165, 1.54) is 19.3 Å². The van der Waals surface area contributed by atoms with Gasteiger partial charge in [-0.25, -0.2) is 0 Å². The van der Waals surface area contributed by atoms with Crippen LogP contribution in [-0.4, -0.2) is 48.7 Å². The molecule has 6 nitrogen and oxygen atoms in total. The van der Waals surface area contributed by atoms with Crippen LogP contribution in [0.2, 0.25) is 0 Å². The van der Waals surface area contributed by atoms with Crippen molar-refractivity contribution in [3.63, 3.8) is 0 Å². The number of ether oxygens (including phenoxy) is 1. The van der Waals surface area contributed by atoms with E-state index >= 15 is 0 Å². The van der Waals surface area contributed by atoms with Gasteiger partial charge in [0.05, 0.1) is 22.0 Å². The van der Waals surface area contributed by atoms with Crippen LogP contribution in [0.4, 0.5) is 0 Å². The number of hydrogen-bond donors (Lipinski definition) is 0. The van der Waals surface area contributed by atoms with Gasteiger partial charge >= 0.3 is 0 Å². The molecule has 0 spiro atoms. The highest BCUT2D eigenvalue weighted by Gasteiger charge is 2.21. The molecule has 2 heterocycles. The first-order chi connectivity index (χ1) is 13.2. The summed E-state index contributed by atoms with van der Waals surface area (Å²) in [5.41, 5.74) is 0.523. The van der Waals surface area contributed by atoms with Crippen molar-refractivity contribution in [3.05, 3.63) is 54.7 Å². The summed E-state index contributed by atoms with van der Waals surface area (Å²) in [4.78, 5) is 2.62. The maximum atomic E-state index is 12.9. The van der Waals surface area contributed by atoms with E-state index in [2.05, 4.69) is 10.00 Å². The van der Waals surface area contributed by atoms with Gasteiger partial charge in [-0.1, -0.05) is 30.7 Å². The molecule has 1 saturated heterocycles. The lowest BCUT2D eigenvalue weighted by molar-refractivity contribution is 0.184. The van der Waals surface area contributed by atoms with Crippen molar-refractivity contribution in [2.45, 2.75) is 24.2 Å². The molecule has 28 heavy (non-hydrogen) atoms. The molecule has 0 aliphatic carbocycles. The zero-order valence-corrected chi connectivity index (χ0v) is 17.2. The molecule has 0 bridgehead atoms. The standard InChI is InChI=1S/C20H23N3O3S.ClH/c24-27(25,17-8-3-1-4-9-17)23-19-10-7-11-20(18(19)16-21-23)26-15-14-22-12-5-2-6-13-22;/h1,3-4,7-11,16H,2,5-6,12-15H2;1H. The predicted octanol–water partition coefficient (Wildman–Crippen LogP) is 3.56. The first-order valence-electron chi connectivity index (χ1n) is 9.29. The average molecular weight is 422 g/mol. The summed E-state index contributed by atoms with van der Waals surface area (Å²) < 4.78 is 32.8. The van der Waals surface area contributed by atoms with Crippen LogP contribution in [0.25, 0.3) is 10.9 Å². The Morgan fingerprint density at radius 1 is 0.964 bits per heavy atom. The fraction of sp³-hybridized carbons (Fsp3) is 0.350. The summed E-state index contributed by atoms with van der Waals surface area (Å²) in [6.45, 7) is 3.71. The largest absolute Gasteiger partial charge is 0.491 e. The summed E-state index contributed by atoms with van der Waals surface area (Å²) >= 11 is 0. The van der Waals surface area contributed by atoms with E-state index in [0.29, 0.717) is 23.3 Å². The second kappa shape index (κ2) is 8.94. The Labute approximate surface area is 171 Å². The molecule has 0 atom stereocenters. The molecule has 8 heteroatoms. The first-order valence-corrected chi connectivity index (χ1v) is 10.7. The topological polar surface area (TPSA) is 64.4 Å². The molecule has 0 unspecified atom stereocenters. The van der Waals surface area contributed by atoms with E-state index in [0.717, 1.165) is 23.7 Å². The molecular weight excluding hydrogens is 398 g/mol. The van der Waals surface area contributed by atoms with Gasteiger partial charge in [-0.3, -0.25) is 4.90 Å². The van der Waals surface area contributed by atoms with E-state index in [4.69, 9.17) is 4.74 Å². The highest BCUT2D eigenvalue weighted by Crippen LogP contribution is 2.27. The summed E-state index contributed by atoms with van der Waals surface area (Å²) in [5, 5.41) is 4.84. The predicted molar refractivity (Wildman–Crippen MR) is 112 cm³/mol. The highest BCUT2D eigenvalue weighted by atomic mass is 35.5. The van der Waals surface area contributed by atoms with Gasteiger partial charge < -0.3 is 4.74 Å². The van der Waals surface area contributed by atoms with Gasteiger partial charge in [-0.15, -0.1) is 12.4 Å². The minimum absolute atomic E-state index is 0. The molecule has 3 aromatic rings. The van der Waals surface area contributed by atoms with Crippen LogP contribution in [0.3, 0.4) is 0 Å². The minimum Gasteiger partial charge on any atom is -0.491 e. The smallest absolute Gasteiger partial charge is 0.283 e. The van der Waals surface area contributed by atoms with Crippen molar-refractivity contribution >= 4 is 33.3 Å². The van der Waals surface area contributed by atoms with Crippen LogP contribution < -0.4 is 4.74 Å². The van der Waals surface area contributed by atoms with Crippen LogP contribution in [0.5, 0.6) is 5.75 Å². The Bertz CT molecular complexity index is 1020. The van der Waals surface area contributed by atoms with E-state index in [9.17, 15) is 8.42 Å². The number of aromatic nitrogens is 2. The number of halogens is 1. The molecule has 0 N–H and O–H groups in total. The second-order valence-corrected chi connectivity index (χ2v) is 8.51. The molecule has 0 amide bonds. The molecule has 1 aliphatic rings. The Morgan fingerprint density at radius 2 is 1.71 bits per heavy atom. The van der Waals surface area contributed by atoms with Crippen LogP contribution in [0.15, 0.2) is 59.6 Å². The summed E-state index contributed by atoms with van der Waals surface area (Å²) in [5.74, 6) is 0.666. The Morgan fingerprint density at radius 3 is 2.46 bits per heavy atom. The first kappa shape index (κ1) is 20.6. The zero-order valence-electron chi connectivity index (χ0n) is 15.5. The fourth-order valence-corrected chi connectivity index (χ4v) is 4.77. The van der Waals surface area contributed by atoms with Crippen LogP contribution in [0.1, 0.15) is 19.3 Å². The molecule has 0 saturated carbocycles. The number of rotatable bonds is 6. The third-order valence-electron chi connectivity index (χ3n) is 4.92. The SMILES string of the molecule is Cl.O=S(=O)(c1ccccc1)n1ncc2c(OCCN3CCCCC3)cccc21. The lowest BCUT2D eigenvalue weighted by Gasteiger charge is -2.26. The van der Waals surface area contributed by atoms with Crippen molar-refractivity contribution < 1.29 is 13.2 Å². The van der Waals surface area contributed by atoms with Crippen LogP contribution in [-0.2, 0) is 10.0 Å². The van der Waals surface area contributed by atoms with E-state index in [-0.39, 0.29) is 17.3 Å². The van der Waals surface area contributed by atoms with E-state index in [1.807, 2.05) is 6.07 Å². The Kier molecular flexibility index (Phi) is 6.59. The van der Waals surface area contributed by atoms with Crippen LogP contribution in [0, 0.1) is 0 Å². The molecule has 1 aromatic heterocycles. The van der Waals surface area contributed by atoms with Gasteiger partial charge in [0.25, 0.3) is 10.0 Å². The van der Waals surface area contributed by atoms with E-state index in [1.54, 1.807) is 48.7 Å². The monoisotopic (exact) mass is 421 g/mol. The van der Waals surface area contributed by atoms with Crippen molar-refractivity contribution in [1.29, 1.82) is 0 Å². The van der Waals surface area contributed by atoms with Gasteiger partial charge in [-0.05, 0) is 50.2 Å². The molecule has 0 radical (unpaired) electrons. The molecule has 150 valence electrons. The minimum atomic E-state index is -3.73. The second-order valence-electron chi connectivity index (χ2n) is 6.75. The van der Waals surface area contributed by atoms with Crippen molar-refractivity contribution in [1.82, 2.24) is 14.1 Å². The Hall–Kier alpha value is -2.09. The Balaban J connectivity index is 0.00000225. The van der Waals surface area contributed by atoms with Gasteiger partial charge in [0.1, 0.15) is 12.4 Å². The van der Waals surface area contributed by atoms with Gasteiger partial charge in [0, 0.05) is 6.54 Å². The normalized spacial score (nSPS) is 15.3. The molecule has 1 aliphatic heterocycles. The van der Waals surface area contributed by atoms with Crippen molar-refractivity contribution in [2.24, 2.45) is 0 Å². The number of fused-ring (bicyclic) bond motifs is 1. The number of benzene rings is 2. The van der Waals surface area contributed by atoms with Gasteiger partial charge in [-0.2, -0.15) is 17.6 Å². The fourth-order valence-electron chi connectivity index (χ4n) is 3.48. The maximum Gasteiger partial charge on any atom is 0.283 e. The lowest BCUT2D eigenvalue weighted by atomic mass is 10.1. The molecule has 2 aromatic carbocycles. The maximum absolute atomic E-state index is 12.9. The van der Waals surface area contributed by atoms with Gasteiger partial charge in [0.15, 0.2) is 0 Å². The third kappa shape index (κ3) is 4.16. The van der Waals surface area contributed by atoms with Crippen molar-refractivity contribution in [3.8, 4) is 5.75 Å². The zero-order chi connectivity index (χ0) is 18.7. The number of hydrogen-bond acceptors (Lipinski definition) is 5. The average Bonchev–Trinajstić information content (AvgIpc) is 3.15. The van der Waals surface area contributed by atoms with Crippen molar-refractivity contribution in [2.75, 3.05) is 26.2 Å². The summed E-state index contributed by atoms with van der Waals surface area (Å²) in [6, 6.07) is 13.7. The molecule has 4 rings (SSSR count). The number of nitrogens with zero attached hydrogens (tertiary/aromatic N) is 3. The molecule has 1 fully saturated rings. The summed E-state index contributed by atoms with van der Waals surface area (Å²) in [6.07, 6.45) is 5.37. The highest BCUT2D eigenvalue weighted by molar-refractivity contribution is 7.90. The number of likely N-dealkylation sites (tertiary alicyclic amines) is 1. The van der Waals surface area contributed by atoms with E-state index < -0.39 is 10.0 Å².